The van der Waals surface area contributed by atoms with E-state index in [2.05, 4.69) is 16.0 Å². The highest BCUT2D eigenvalue weighted by atomic mass is 19.1. The highest BCUT2D eigenvalue weighted by molar-refractivity contribution is 5.94. The van der Waals surface area contributed by atoms with E-state index in [1.54, 1.807) is 6.07 Å². The van der Waals surface area contributed by atoms with Gasteiger partial charge in [0.25, 0.3) is 0 Å². The summed E-state index contributed by atoms with van der Waals surface area (Å²) in [6, 6.07) is 4.64. The third kappa shape index (κ3) is 1.58. The second kappa shape index (κ2) is 3.70. The normalized spacial score (nSPS) is 21.6. The van der Waals surface area contributed by atoms with Gasteiger partial charge in [-0.05, 0) is 32.0 Å². The van der Waals surface area contributed by atoms with Gasteiger partial charge in [0.15, 0.2) is 0 Å². The first-order valence-corrected chi connectivity index (χ1v) is 5.80. The topological polar surface area (TPSA) is 53.2 Å². The van der Waals surface area contributed by atoms with Crippen molar-refractivity contribution < 1.29 is 9.18 Å². The standard InChI is InChI=1S/C12H14FN3O/c13-9-3-1-2-8-10(9)15-11(17)16-12(8)4-6-14-7-5-12/h1-3,14H,4-7H2,(H2,15,16,17). The molecule has 5 heteroatoms. The number of hydrogen-bond acceptors (Lipinski definition) is 2. The first-order valence-electron chi connectivity index (χ1n) is 5.80. The number of fused-ring (bicyclic) bond motifs is 2. The van der Waals surface area contributed by atoms with Gasteiger partial charge in [-0.2, -0.15) is 0 Å². The molecule has 17 heavy (non-hydrogen) atoms. The van der Waals surface area contributed by atoms with E-state index in [-0.39, 0.29) is 11.8 Å². The van der Waals surface area contributed by atoms with Crippen LogP contribution in [-0.2, 0) is 5.54 Å². The van der Waals surface area contributed by atoms with Crippen LogP contribution in [0.3, 0.4) is 0 Å². The minimum absolute atomic E-state index is 0.315. The van der Waals surface area contributed by atoms with Crippen molar-refractivity contribution >= 4 is 11.7 Å². The first-order chi connectivity index (χ1) is 8.21. The van der Waals surface area contributed by atoms with Gasteiger partial charge >= 0.3 is 6.03 Å². The van der Waals surface area contributed by atoms with Gasteiger partial charge in [0.2, 0.25) is 0 Å². The number of anilines is 1. The summed E-state index contributed by atoms with van der Waals surface area (Å²) in [6.07, 6.45) is 1.58. The minimum Gasteiger partial charge on any atom is -0.328 e. The quantitative estimate of drug-likeness (QED) is 0.639. The number of urea groups is 1. The minimum atomic E-state index is -0.412. The Kier molecular flexibility index (Phi) is 2.29. The van der Waals surface area contributed by atoms with Crippen LogP contribution in [0.1, 0.15) is 18.4 Å². The molecule has 3 N–H and O–H groups in total. The summed E-state index contributed by atoms with van der Waals surface area (Å²) < 4.78 is 13.7. The molecule has 2 aliphatic heterocycles. The number of piperidine rings is 1. The molecule has 0 radical (unpaired) electrons. The van der Waals surface area contributed by atoms with E-state index in [0.29, 0.717) is 5.69 Å². The monoisotopic (exact) mass is 235 g/mol. The zero-order chi connectivity index (χ0) is 11.9. The summed E-state index contributed by atoms with van der Waals surface area (Å²) in [5.41, 5.74) is 0.780. The molecule has 1 spiro atoms. The van der Waals surface area contributed by atoms with E-state index in [9.17, 15) is 9.18 Å². The molecule has 1 saturated heterocycles. The van der Waals surface area contributed by atoms with Crippen LogP contribution in [0.15, 0.2) is 18.2 Å². The molecule has 0 aromatic heterocycles. The molecular formula is C12H14FN3O. The van der Waals surface area contributed by atoms with E-state index in [4.69, 9.17) is 0 Å². The van der Waals surface area contributed by atoms with Gasteiger partial charge in [-0.3, -0.25) is 0 Å². The third-order valence-electron chi connectivity index (χ3n) is 3.58. The van der Waals surface area contributed by atoms with Gasteiger partial charge in [0.05, 0.1) is 11.2 Å². The van der Waals surface area contributed by atoms with Gasteiger partial charge in [0.1, 0.15) is 5.82 Å². The summed E-state index contributed by atoms with van der Waals surface area (Å²) >= 11 is 0. The second-order valence-electron chi connectivity index (χ2n) is 4.57. The lowest BCUT2D eigenvalue weighted by Gasteiger charge is -2.42. The number of nitrogens with one attached hydrogen (secondary N) is 3. The lowest BCUT2D eigenvalue weighted by molar-refractivity contribution is 0.213. The van der Waals surface area contributed by atoms with Crippen molar-refractivity contribution in [1.82, 2.24) is 10.6 Å². The molecule has 0 unspecified atom stereocenters. The number of para-hydroxylation sites is 1. The van der Waals surface area contributed by atoms with E-state index >= 15 is 0 Å². The number of hydrogen-bond donors (Lipinski definition) is 3. The molecule has 1 aromatic carbocycles. The summed E-state index contributed by atoms with van der Waals surface area (Å²) in [6.45, 7) is 1.66. The van der Waals surface area contributed by atoms with Gasteiger partial charge in [-0.25, -0.2) is 9.18 Å². The Morgan fingerprint density at radius 2 is 2.00 bits per heavy atom. The molecule has 1 fully saturated rings. The van der Waals surface area contributed by atoms with Crippen LogP contribution in [0.25, 0.3) is 0 Å². The molecule has 90 valence electrons. The fourth-order valence-corrected chi connectivity index (χ4v) is 2.73. The van der Waals surface area contributed by atoms with Crippen molar-refractivity contribution in [3.63, 3.8) is 0 Å². The highest BCUT2D eigenvalue weighted by Crippen LogP contribution is 2.39. The van der Waals surface area contributed by atoms with Crippen molar-refractivity contribution in [2.75, 3.05) is 18.4 Å². The van der Waals surface area contributed by atoms with Crippen molar-refractivity contribution in [1.29, 1.82) is 0 Å². The van der Waals surface area contributed by atoms with Crippen LogP contribution in [0.4, 0.5) is 14.9 Å². The maximum Gasteiger partial charge on any atom is 0.320 e. The maximum atomic E-state index is 13.7. The van der Waals surface area contributed by atoms with Crippen LogP contribution >= 0.6 is 0 Å². The molecule has 2 heterocycles. The van der Waals surface area contributed by atoms with Crippen molar-refractivity contribution in [2.24, 2.45) is 0 Å². The van der Waals surface area contributed by atoms with Crippen molar-refractivity contribution in [3.05, 3.63) is 29.6 Å². The molecule has 4 nitrogen and oxygen atoms in total. The average Bonchev–Trinajstić information content (AvgIpc) is 2.32. The number of benzene rings is 1. The maximum absolute atomic E-state index is 13.7. The van der Waals surface area contributed by atoms with Gasteiger partial charge in [-0.1, -0.05) is 12.1 Å². The Bertz CT molecular complexity index is 469. The van der Waals surface area contributed by atoms with E-state index in [1.807, 2.05) is 6.07 Å². The Hall–Kier alpha value is -1.62. The predicted molar refractivity (Wildman–Crippen MR) is 62.3 cm³/mol. The molecule has 2 aliphatic rings. The Balaban J connectivity index is 2.13. The number of carbonyl (C=O) groups is 1. The SMILES string of the molecule is O=C1Nc2c(F)cccc2C2(CCNCC2)N1. The average molecular weight is 235 g/mol. The fraction of sp³-hybridized carbons (Fsp3) is 0.417. The summed E-state index contributed by atoms with van der Waals surface area (Å²) in [5.74, 6) is -0.366. The van der Waals surface area contributed by atoms with E-state index in [1.165, 1.54) is 6.07 Å². The molecule has 0 atom stereocenters. The zero-order valence-electron chi connectivity index (χ0n) is 9.35. The molecule has 3 rings (SSSR count). The third-order valence-corrected chi connectivity index (χ3v) is 3.58. The van der Waals surface area contributed by atoms with Gasteiger partial charge in [-0.15, -0.1) is 0 Å². The zero-order valence-corrected chi connectivity index (χ0v) is 9.35. The van der Waals surface area contributed by atoms with Crippen LogP contribution in [-0.4, -0.2) is 19.1 Å². The van der Waals surface area contributed by atoms with Crippen LogP contribution in [0, 0.1) is 5.82 Å². The van der Waals surface area contributed by atoms with Crippen molar-refractivity contribution in [2.45, 2.75) is 18.4 Å². The summed E-state index contributed by atoms with van der Waals surface area (Å²) in [7, 11) is 0. The van der Waals surface area contributed by atoms with Crippen molar-refractivity contribution in [3.8, 4) is 0 Å². The molecule has 0 aliphatic carbocycles. The van der Waals surface area contributed by atoms with Gasteiger partial charge < -0.3 is 16.0 Å². The smallest absolute Gasteiger partial charge is 0.320 e. The lowest BCUT2D eigenvalue weighted by atomic mass is 9.79. The second-order valence-corrected chi connectivity index (χ2v) is 4.57. The Morgan fingerprint density at radius 3 is 2.76 bits per heavy atom. The number of halogens is 1. The Labute approximate surface area is 98.6 Å². The van der Waals surface area contributed by atoms with E-state index in [0.717, 1.165) is 31.5 Å². The van der Waals surface area contributed by atoms with Crippen LogP contribution in [0.5, 0.6) is 0 Å². The fourth-order valence-electron chi connectivity index (χ4n) is 2.73. The summed E-state index contributed by atoms with van der Waals surface area (Å²) in [4.78, 5) is 11.6. The molecule has 2 amide bonds. The molecular weight excluding hydrogens is 221 g/mol. The molecule has 1 aromatic rings. The number of carbonyl (C=O) groups excluding carboxylic acids is 1. The lowest BCUT2D eigenvalue weighted by Crippen LogP contribution is -2.56. The van der Waals surface area contributed by atoms with Crippen LogP contribution in [0.2, 0.25) is 0 Å². The van der Waals surface area contributed by atoms with E-state index < -0.39 is 5.54 Å². The molecule has 0 saturated carbocycles. The molecule has 0 bridgehead atoms. The van der Waals surface area contributed by atoms with Crippen LogP contribution < -0.4 is 16.0 Å². The highest BCUT2D eigenvalue weighted by Gasteiger charge is 2.41. The number of amides is 2. The largest absolute Gasteiger partial charge is 0.328 e. The Morgan fingerprint density at radius 1 is 1.24 bits per heavy atom. The first kappa shape index (κ1) is 10.5. The predicted octanol–water partition coefficient (Wildman–Crippen LogP) is 1.54. The number of rotatable bonds is 0. The summed E-state index contributed by atoms with van der Waals surface area (Å²) in [5, 5.41) is 8.76. The van der Waals surface area contributed by atoms with Gasteiger partial charge in [0, 0.05) is 5.56 Å².